The van der Waals surface area contributed by atoms with Gasteiger partial charge in [-0.25, -0.2) is 13.2 Å². The predicted octanol–water partition coefficient (Wildman–Crippen LogP) is 6.61. The molecule has 5 nitrogen and oxygen atoms in total. The van der Waals surface area contributed by atoms with Crippen molar-refractivity contribution in [3.63, 3.8) is 0 Å². The van der Waals surface area contributed by atoms with Crippen molar-refractivity contribution < 1.29 is 39.5 Å². The molecule has 0 radical (unpaired) electrons. The summed E-state index contributed by atoms with van der Waals surface area (Å²) in [6.07, 6.45) is -9.64. The molecule has 0 aliphatic heterocycles. The van der Waals surface area contributed by atoms with Crippen molar-refractivity contribution in [1.82, 2.24) is 9.97 Å². The SMILES string of the molecule is CC(N=Nc1nc(Cl)c(-c2c(F)cc(F)cc2F)c(NC(C)C(F)(F)F)n1)C(F)(F)F. The Balaban J connectivity index is 2.66. The zero-order chi connectivity index (χ0) is 23.7. The van der Waals surface area contributed by atoms with E-state index in [2.05, 4.69) is 20.2 Å². The Morgan fingerprint density at radius 1 is 0.903 bits per heavy atom. The van der Waals surface area contributed by atoms with Crippen LogP contribution >= 0.6 is 11.6 Å². The molecule has 0 saturated carbocycles. The number of hydrogen-bond acceptors (Lipinski definition) is 5. The molecule has 2 atom stereocenters. The highest BCUT2D eigenvalue weighted by atomic mass is 35.5. The predicted molar refractivity (Wildman–Crippen MR) is 91.5 cm³/mol. The Labute approximate surface area is 173 Å². The smallest absolute Gasteiger partial charge is 0.358 e. The maximum absolute atomic E-state index is 14.2. The summed E-state index contributed by atoms with van der Waals surface area (Å²) >= 11 is 5.83. The van der Waals surface area contributed by atoms with Crippen LogP contribution in [0.1, 0.15) is 13.8 Å². The molecule has 2 rings (SSSR count). The minimum Gasteiger partial charge on any atom is -0.358 e. The topological polar surface area (TPSA) is 62.5 Å². The summed E-state index contributed by atoms with van der Waals surface area (Å²) in [7, 11) is 0. The van der Waals surface area contributed by atoms with E-state index in [9.17, 15) is 39.5 Å². The standard InChI is InChI=1S/C16H11ClF9N5/c1-5(15(21,22)23)27-13-11(10-8(19)3-7(18)4-9(10)20)12(17)28-14(29-13)31-30-6(2)16(24,25)26/h3-6H,1-2H3,(H,27,28,29). The molecule has 1 aromatic carbocycles. The summed E-state index contributed by atoms with van der Waals surface area (Å²) in [6.45, 7) is 1.26. The van der Waals surface area contributed by atoms with E-state index in [4.69, 9.17) is 11.6 Å². The number of nitrogens with one attached hydrogen (secondary N) is 1. The van der Waals surface area contributed by atoms with Gasteiger partial charge in [0.05, 0.1) is 11.1 Å². The molecule has 1 N–H and O–H groups in total. The molecule has 1 heterocycles. The van der Waals surface area contributed by atoms with Gasteiger partial charge in [-0.3, -0.25) is 0 Å². The van der Waals surface area contributed by atoms with E-state index >= 15 is 0 Å². The van der Waals surface area contributed by atoms with Gasteiger partial charge < -0.3 is 5.32 Å². The van der Waals surface area contributed by atoms with Crippen molar-refractivity contribution in [2.75, 3.05) is 5.32 Å². The lowest BCUT2D eigenvalue weighted by atomic mass is 10.1. The average molecular weight is 480 g/mol. The van der Waals surface area contributed by atoms with Crippen molar-refractivity contribution in [3.8, 4) is 11.1 Å². The van der Waals surface area contributed by atoms with E-state index in [0.29, 0.717) is 13.8 Å². The van der Waals surface area contributed by atoms with E-state index in [1.165, 1.54) is 0 Å². The minimum absolute atomic E-state index is 0.240. The van der Waals surface area contributed by atoms with Gasteiger partial charge in [0.2, 0.25) is 0 Å². The molecule has 0 aliphatic rings. The maximum Gasteiger partial charge on any atom is 0.412 e. The van der Waals surface area contributed by atoms with Crippen molar-refractivity contribution in [2.45, 2.75) is 38.3 Å². The number of nitrogens with zero attached hydrogens (tertiary/aromatic N) is 4. The number of alkyl halides is 6. The molecule has 0 aliphatic carbocycles. The molecule has 31 heavy (non-hydrogen) atoms. The number of hydrogen-bond donors (Lipinski definition) is 1. The first kappa shape index (κ1) is 24.6. The summed E-state index contributed by atoms with van der Waals surface area (Å²) < 4.78 is 118. The van der Waals surface area contributed by atoms with E-state index in [1.807, 2.05) is 0 Å². The van der Waals surface area contributed by atoms with E-state index in [0.717, 1.165) is 0 Å². The van der Waals surface area contributed by atoms with Gasteiger partial charge in [-0.05, 0) is 13.8 Å². The fraction of sp³-hybridized carbons (Fsp3) is 0.375. The van der Waals surface area contributed by atoms with E-state index < -0.39 is 69.9 Å². The van der Waals surface area contributed by atoms with Gasteiger partial charge in [0.1, 0.15) is 34.5 Å². The Hall–Kier alpha value is -2.64. The Kier molecular flexibility index (Phi) is 7.03. The largest absolute Gasteiger partial charge is 0.412 e. The van der Waals surface area contributed by atoms with E-state index in [-0.39, 0.29) is 12.1 Å². The molecule has 2 aromatic rings. The lowest BCUT2D eigenvalue weighted by Gasteiger charge is -2.20. The van der Waals surface area contributed by atoms with Gasteiger partial charge in [-0.15, -0.1) is 5.11 Å². The Bertz CT molecular complexity index is 968. The molecule has 0 fully saturated rings. The fourth-order valence-electron chi connectivity index (χ4n) is 2.06. The summed E-state index contributed by atoms with van der Waals surface area (Å²) in [6, 6.07) is -4.18. The number of aromatic nitrogens is 2. The molecule has 0 spiro atoms. The first-order valence-corrected chi connectivity index (χ1v) is 8.52. The number of halogens is 10. The summed E-state index contributed by atoms with van der Waals surface area (Å²) in [5, 5.41) is 6.92. The zero-order valence-corrected chi connectivity index (χ0v) is 16.1. The normalized spacial score (nSPS) is 14.7. The molecule has 15 heteroatoms. The van der Waals surface area contributed by atoms with Gasteiger partial charge in [-0.2, -0.15) is 41.4 Å². The lowest BCUT2D eigenvalue weighted by molar-refractivity contribution is -0.144. The number of azo groups is 1. The van der Waals surface area contributed by atoms with Crippen LogP contribution in [0.5, 0.6) is 0 Å². The Morgan fingerprint density at radius 2 is 1.45 bits per heavy atom. The third kappa shape index (κ3) is 5.95. The highest BCUT2D eigenvalue weighted by Crippen LogP contribution is 2.39. The molecule has 2 unspecified atom stereocenters. The van der Waals surface area contributed by atoms with Crippen molar-refractivity contribution in [3.05, 3.63) is 34.7 Å². The minimum atomic E-state index is -4.86. The summed E-state index contributed by atoms with van der Waals surface area (Å²) in [5.41, 5.74) is -1.88. The second-order valence-electron chi connectivity index (χ2n) is 6.12. The third-order valence-corrected chi connectivity index (χ3v) is 4.02. The monoisotopic (exact) mass is 479 g/mol. The first-order chi connectivity index (χ1) is 14.1. The second-order valence-corrected chi connectivity index (χ2v) is 6.48. The van der Waals surface area contributed by atoms with Gasteiger partial charge >= 0.3 is 12.4 Å². The summed E-state index contributed by atoms with van der Waals surface area (Å²) in [4.78, 5) is 6.88. The van der Waals surface area contributed by atoms with Gasteiger partial charge in [0, 0.05) is 12.1 Å². The van der Waals surface area contributed by atoms with Crippen LogP contribution in [0.25, 0.3) is 11.1 Å². The highest BCUT2D eigenvalue weighted by Gasteiger charge is 2.38. The van der Waals surface area contributed by atoms with Crippen LogP contribution in [0.3, 0.4) is 0 Å². The Morgan fingerprint density at radius 3 is 1.94 bits per heavy atom. The average Bonchev–Trinajstić information content (AvgIpc) is 2.59. The van der Waals surface area contributed by atoms with Crippen LogP contribution in [-0.2, 0) is 0 Å². The van der Waals surface area contributed by atoms with Gasteiger partial charge in [0.25, 0.3) is 5.95 Å². The summed E-state index contributed by atoms with van der Waals surface area (Å²) in [5.74, 6) is -6.22. The van der Waals surface area contributed by atoms with Crippen LogP contribution in [-0.4, -0.2) is 34.4 Å². The van der Waals surface area contributed by atoms with Crippen LogP contribution in [0, 0.1) is 17.5 Å². The molecular weight excluding hydrogens is 469 g/mol. The quantitative estimate of drug-likeness (QED) is 0.298. The fourth-order valence-corrected chi connectivity index (χ4v) is 2.32. The lowest BCUT2D eigenvalue weighted by Crippen LogP contribution is -2.33. The number of benzene rings is 1. The number of rotatable bonds is 5. The molecule has 1 aromatic heterocycles. The molecule has 170 valence electrons. The first-order valence-electron chi connectivity index (χ1n) is 8.14. The van der Waals surface area contributed by atoms with Crippen LogP contribution < -0.4 is 5.32 Å². The molecule has 0 bridgehead atoms. The highest BCUT2D eigenvalue weighted by molar-refractivity contribution is 6.32. The molecule has 0 saturated heterocycles. The van der Waals surface area contributed by atoms with Crippen LogP contribution in [0.2, 0.25) is 5.15 Å². The van der Waals surface area contributed by atoms with Crippen LogP contribution in [0.4, 0.5) is 51.3 Å². The molecular formula is C16H11ClF9N5. The zero-order valence-electron chi connectivity index (χ0n) is 15.4. The number of anilines is 1. The van der Waals surface area contributed by atoms with Crippen molar-refractivity contribution in [1.29, 1.82) is 0 Å². The van der Waals surface area contributed by atoms with Crippen molar-refractivity contribution >= 4 is 23.4 Å². The van der Waals surface area contributed by atoms with Gasteiger partial charge in [0.15, 0.2) is 6.04 Å². The van der Waals surface area contributed by atoms with E-state index in [1.54, 1.807) is 5.32 Å². The van der Waals surface area contributed by atoms with Crippen LogP contribution in [0.15, 0.2) is 22.4 Å². The molecule has 0 amide bonds. The maximum atomic E-state index is 14.2. The van der Waals surface area contributed by atoms with Crippen molar-refractivity contribution in [2.24, 2.45) is 10.2 Å². The third-order valence-electron chi connectivity index (χ3n) is 3.75. The second kappa shape index (κ2) is 8.85. The van der Waals surface area contributed by atoms with Gasteiger partial charge in [-0.1, -0.05) is 11.6 Å².